The van der Waals surface area contributed by atoms with Crippen molar-refractivity contribution in [1.29, 1.82) is 0 Å². The highest BCUT2D eigenvalue weighted by molar-refractivity contribution is 5.94. The van der Waals surface area contributed by atoms with E-state index in [0.29, 0.717) is 11.3 Å². The van der Waals surface area contributed by atoms with Crippen molar-refractivity contribution in [1.82, 2.24) is 0 Å². The first-order valence-electron chi connectivity index (χ1n) is 7.36. The second-order valence-corrected chi connectivity index (χ2v) is 4.87. The molecule has 0 bridgehead atoms. The number of esters is 2. The van der Waals surface area contributed by atoms with Crippen molar-refractivity contribution < 1.29 is 23.8 Å². The normalized spacial score (nSPS) is 20.5. The summed E-state index contributed by atoms with van der Waals surface area (Å²) in [5, 5.41) is 0. The lowest BCUT2D eigenvalue weighted by Crippen LogP contribution is -2.30. The van der Waals surface area contributed by atoms with Crippen LogP contribution < -0.4 is 0 Å². The Kier molecular flexibility index (Phi) is 5.20. The van der Waals surface area contributed by atoms with E-state index in [9.17, 15) is 9.59 Å². The quantitative estimate of drug-likeness (QED) is 0.782. The smallest absolute Gasteiger partial charge is 0.348 e. The van der Waals surface area contributed by atoms with E-state index in [2.05, 4.69) is 0 Å². The minimum atomic E-state index is -0.859. The molecule has 0 N–H and O–H groups in total. The minimum Gasteiger partial charge on any atom is -0.482 e. The molecule has 5 heteroatoms. The molecule has 0 aromatic heterocycles. The van der Waals surface area contributed by atoms with Crippen molar-refractivity contribution in [2.45, 2.75) is 32.8 Å². The summed E-state index contributed by atoms with van der Waals surface area (Å²) >= 11 is 0. The Balaban J connectivity index is 2.40. The molecule has 0 unspecified atom stereocenters. The van der Waals surface area contributed by atoms with E-state index < -0.39 is 24.0 Å². The van der Waals surface area contributed by atoms with Crippen LogP contribution in [0.4, 0.5) is 0 Å². The van der Waals surface area contributed by atoms with Crippen molar-refractivity contribution in [3.63, 3.8) is 0 Å². The molecule has 0 spiro atoms. The fourth-order valence-electron chi connectivity index (χ4n) is 2.58. The third-order valence-electron chi connectivity index (χ3n) is 3.47. The monoisotopic (exact) mass is 304 g/mol. The van der Waals surface area contributed by atoms with Crippen LogP contribution in [-0.4, -0.2) is 31.3 Å². The Labute approximate surface area is 129 Å². The number of allylic oxidation sites excluding steroid dienone is 1. The number of carbonyl (C=O) groups is 2. The molecule has 1 aromatic rings. The second-order valence-electron chi connectivity index (χ2n) is 4.87. The molecular formula is C17H20O5. The van der Waals surface area contributed by atoms with Crippen LogP contribution in [0.3, 0.4) is 0 Å². The van der Waals surface area contributed by atoms with Gasteiger partial charge in [-0.1, -0.05) is 30.3 Å². The lowest BCUT2D eigenvalue weighted by molar-refractivity contribution is -0.153. The molecule has 0 amide bonds. The van der Waals surface area contributed by atoms with Crippen molar-refractivity contribution in [3.8, 4) is 0 Å². The van der Waals surface area contributed by atoms with Gasteiger partial charge in [0.15, 0.2) is 0 Å². The molecule has 2 rings (SSSR count). The fourth-order valence-corrected chi connectivity index (χ4v) is 2.58. The van der Waals surface area contributed by atoms with Gasteiger partial charge in [-0.05, 0) is 26.3 Å². The molecule has 0 saturated heterocycles. The Morgan fingerprint density at radius 1 is 1.09 bits per heavy atom. The Bertz CT molecular complexity index is 576. The summed E-state index contributed by atoms with van der Waals surface area (Å²) in [4.78, 5) is 24.4. The number of hydrogen-bond donors (Lipinski definition) is 0. The molecule has 0 saturated carbocycles. The zero-order chi connectivity index (χ0) is 16.1. The standard InChI is InChI=1S/C17H20O5/c1-4-20-16(18)13-11(3)22-15(17(19)21-5-2)14(13)12-9-7-6-8-10-12/h6-10,14-15H,4-5H2,1-3H3/t14-,15+/m0/s1. The average molecular weight is 304 g/mol. The predicted molar refractivity (Wildman–Crippen MR) is 80.0 cm³/mol. The van der Waals surface area contributed by atoms with Crippen LogP contribution in [0.5, 0.6) is 0 Å². The topological polar surface area (TPSA) is 61.8 Å². The van der Waals surface area contributed by atoms with Crippen LogP contribution in [0.1, 0.15) is 32.3 Å². The van der Waals surface area contributed by atoms with Crippen LogP contribution in [-0.2, 0) is 23.8 Å². The molecule has 1 aliphatic rings. The number of ether oxygens (including phenoxy) is 3. The number of hydrogen-bond acceptors (Lipinski definition) is 5. The Morgan fingerprint density at radius 2 is 1.73 bits per heavy atom. The van der Waals surface area contributed by atoms with Gasteiger partial charge in [0.2, 0.25) is 6.10 Å². The summed E-state index contributed by atoms with van der Waals surface area (Å²) in [7, 11) is 0. The van der Waals surface area contributed by atoms with Gasteiger partial charge in [-0.2, -0.15) is 0 Å². The van der Waals surface area contributed by atoms with Gasteiger partial charge in [0.1, 0.15) is 5.76 Å². The molecular weight excluding hydrogens is 284 g/mol. The first-order valence-corrected chi connectivity index (χ1v) is 7.36. The van der Waals surface area contributed by atoms with Gasteiger partial charge in [0, 0.05) is 0 Å². The first kappa shape index (κ1) is 16.1. The molecule has 2 atom stereocenters. The lowest BCUT2D eigenvalue weighted by atomic mass is 9.87. The van der Waals surface area contributed by atoms with Crippen molar-refractivity contribution in [2.75, 3.05) is 13.2 Å². The van der Waals surface area contributed by atoms with Crippen LogP contribution >= 0.6 is 0 Å². The zero-order valence-electron chi connectivity index (χ0n) is 13.0. The molecule has 0 aliphatic carbocycles. The lowest BCUT2D eigenvalue weighted by Gasteiger charge is -2.19. The molecule has 22 heavy (non-hydrogen) atoms. The molecule has 118 valence electrons. The van der Waals surface area contributed by atoms with Crippen LogP contribution in [0.25, 0.3) is 0 Å². The maximum absolute atomic E-state index is 12.3. The highest BCUT2D eigenvalue weighted by atomic mass is 16.6. The zero-order valence-corrected chi connectivity index (χ0v) is 13.0. The van der Waals surface area contributed by atoms with Gasteiger partial charge in [-0.15, -0.1) is 0 Å². The fraction of sp³-hybridized carbons (Fsp3) is 0.412. The van der Waals surface area contributed by atoms with Crippen LogP contribution in [0, 0.1) is 0 Å². The third-order valence-corrected chi connectivity index (χ3v) is 3.47. The predicted octanol–water partition coefficient (Wildman–Crippen LogP) is 2.57. The van der Waals surface area contributed by atoms with E-state index in [1.165, 1.54) is 0 Å². The summed E-state index contributed by atoms with van der Waals surface area (Å²) < 4.78 is 15.8. The van der Waals surface area contributed by atoms with Crippen molar-refractivity contribution >= 4 is 11.9 Å². The molecule has 0 fully saturated rings. The number of rotatable bonds is 5. The van der Waals surface area contributed by atoms with Gasteiger partial charge in [-0.3, -0.25) is 0 Å². The van der Waals surface area contributed by atoms with Crippen LogP contribution in [0.2, 0.25) is 0 Å². The Hall–Kier alpha value is -2.30. The van der Waals surface area contributed by atoms with E-state index in [-0.39, 0.29) is 13.2 Å². The summed E-state index contributed by atoms with van der Waals surface area (Å²) in [6.45, 7) is 5.66. The summed E-state index contributed by atoms with van der Waals surface area (Å²) in [5.41, 5.74) is 1.20. The second kappa shape index (κ2) is 7.11. The van der Waals surface area contributed by atoms with Gasteiger partial charge >= 0.3 is 11.9 Å². The van der Waals surface area contributed by atoms with E-state index in [0.717, 1.165) is 5.56 Å². The highest BCUT2D eigenvalue weighted by Crippen LogP contribution is 2.40. The molecule has 0 radical (unpaired) electrons. The van der Waals surface area contributed by atoms with Crippen molar-refractivity contribution in [2.24, 2.45) is 0 Å². The van der Waals surface area contributed by atoms with Gasteiger partial charge in [0.25, 0.3) is 0 Å². The SMILES string of the molecule is CCOC(=O)C1=C(C)O[C@@H](C(=O)OCC)[C@H]1c1ccccc1. The molecule has 5 nitrogen and oxygen atoms in total. The molecule has 1 aliphatic heterocycles. The maximum Gasteiger partial charge on any atom is 0.348 e. The van der Waals surface area contributed by atoms with Crippen molar-refractivity contribution in [3.05, 3.63) is 47.2 Å². The van der Waals surface area contributed by atoms with Gasteiger partial charge in [-0.25, -0.2) is 9.59 Å². The van der Waals surface area contributed by atoms with E-state index >= 15 is 0 Å². The van der Waals surface area contributed by atoms with E-state index in [4.69, 9.17) is 14.2 Å². The Morgan fingerprint density at radius 3 is 2.32 bits per heavy atom. The largest absolute Gasteiger partial charge is 0.482 e. The van der Waals surface area contributed by atoms with E-state index in [1.54, 1.807) is 20.8 Å². The number of carbonyl (C=O) groups excluding carboxylic acids is 2. The molecule has 1 heterocycles. The summed E-state index contributed by atoms with van der Waals surface area (Å²) in [5.74, 6) is -1.04. The van der Waals surface area contributed by atoms with Crippen LogP contribution in [0.15, 0.2) is 41.7 Å². The van der Waals surface area contributed by atoms with Gasteiger partial charge < -0.3 is 14.2 Å². The maximum atomic E-state index is 12.3. The summed E-state index contributed by atoms with van der Waals surface area (Å²) in [6, 6.07) is 9.30. The third kappa shape index (κ3) is 3.13. The molecule has 1 aromatic carbocycles. The number of benzene rings is 1. The average Bonchev–Trinajstić information content (AvgIpc) is 2.86. The highest BCUT2D eigenvalue weighted by Gasteiger charge is 2.45. The summed E-state index contributed by atoms with van der Waals surface area (Å²) in [6.07, 6.45) is -0.859. The van der Waals surface area contributed by atoms with E-state index in [1.807, 2.05) is 30.3 Å². The van der Waals surface area contributed by atoms with Gasteiger partial charge in [0.05, 0.1) is 24.7 Å². The first-order chi connectivity index (χ1) is 10.6. The minimum absolute atomic E-state index is 0.258.